The van der Waals surface area contributed by atoms with Crippen LogP contribution >= 0.6 is 11.6 Å². The van der Waals surface area contributed by atoms with Crippen LogP contribution in [0, 0.1) is 5.82 Å². The molecule has 5 nitrogen and oxygen atoms in total. The Labute approximate surface area is 130 Å². The smallest absolute Gasteiger partial charge is 0.277 e. The van der Waals surface area contributed by atoms with Crippen LogP contribution in [0.3, 0.4) is 0 Å². The zero-order valence-corrected chi connectivity index (χ0v) is 12.0. The number of rotatable bonds is 3. The van der Waals surface area contributed by atoms with E-state index < -0.39 is 11.7 Å². The zero-order valence-electron chi connectivity index (χ0n) is 11.2. The van der Waals surface area contributed by atoms with Crippen LogP contribution in [-0.2, 0) is 0 Å². The molecule has 3 rings (SSSR count). The fraction of sp³-hybridized carbons (Fsp3) is 0. The number of carbonyl (C=O) groups is 1. The van der Waals surface area contributed by atoms with Crippen molar-refractivity contribution in [2.45, 2.75) is 0 Å². The fourth-order valence-corrected chi connectivity index (χ4v) is 2.01. The molecule has 1 heterocycles. The highest BCUT2D eigenvalue weighted by Gasteiger charge is 2.14. The zero-order chi connectivity index (χ0) is 15.5. The molecule has 2 aromatic carbocycles. The molecule has 0 saturated carbocycles. The van der Waals surface area contributed by atoms with Gasteiger partial charge in [0.25, 0.3) is 5.91 Å². The predicted molar refractivity (Wildman–Crippen MR) is 80.7 cm³/mol. The van der Waals surface area contributed by atoms with Crippen molar-refractivity contribution >= 4 is 23.2 Å². The Bertz CT molecular complexity index is 819. The molecule has 0 spiro atoms. The lowest BCUT2D eigenvalue weighted by atomic mass is 10.3. The number of amides is 1. The minimum atomic E-state index is -0.687. The number of nitrogens with one attached hydrogen (secondary N) is 1. The summed E-state index contributed by atoms with van der Waals surface area (Å²) in [5, 5.41) is 10.4. The summed E-state index contributed by atoms with van der Waals surface area (Å²) < 4.78 is 13.8. The van der Waals surface area contributed by atoms with Crippen molar-refractivity contribution < 1.29 is 9.18 Å². The van der Waals surface area contributed by atoms with Gasteiger partial charge in [0.1, 0.15) is 0 Å². The van der Waals surface area contributed by atoms with Crippen LogP contribution in [0.5, 0.6) is 0 Å². The van der Waals surface area contributed by atoms with Gasteiger partial charge in [-0.2, -0.15) is 9.90 Å². The molecule has 0 saturated heterocycles. The molecule has 0 radical (unpaired) electrons. The van der Waals surface area contributed by atoms with Crippen LogP contribution in [0.15, 0.2) is 54.7 Å². The minimum absolute atomic E-state index is 0.00763. The van der Waals surface area contributed by atoms with Gasteiger partial charge in [0.15, 0.2) is 11.5 Å². The number of aromatic nitrogens is 3. The second-order valence-corrected chi connectivity index (χ2v) is 4.82. The van der Waals surface area contributed by atoms with Crippen molar-refractivity contribution in [1.29, 1.82) is 0 Å². The number of para-hydroxylation sites is 1. The second kappa shape index (κ2) is 5.95. The van der Waals surface area contributed by atoms with Gasteiger partial charge in [-0.3, -0.25) is 4.79 Å². The lowest BCUT2D eigenvalue weighted by molar-refractivity contribution is 0.102. The average Bonchev–Trinajstić information content (AvgIpc) is 3.03. The molecule has 22 heavy (non-hydrogen) atoms. The number of nitrogens with zero attached hydrogens (tertiary/aromatic N) is 3. The Morgan fingerprint density at radius 1 is 1.14 bits per heavy atom. The van der Waals surface area contributed by atoms with Crippen LogP contribution in [-0.4, -0.2) is 20.9 Å². The molecule has 110 valence electrons. The van der Waals surface area contributed by atoms with Gasteiger partial charge < -0.3 is 5.32 Å². The largest absolute Gasteiger partial charge is 0.318 e. The lowest BCUT2D eigenvalue weighted by Gasteiger charge is -2.05. The van der Waals surface area contributed by atoms with Gasteiger partial charge in [0.05, 0.1) is 22.6 Å². The van der Waals surface area contributed by atoms with E-state index in [9.17, 15) is 9.18 Å². The van der Waals surface area contributed by atoms with Crippen molar-refractivity contribution in [1.82, 2.24) is 15.0 Å². The number of hydrogen-bond donors (Lipinski definition) is 1. The van der Waals surface area contributed by atoms with Gasteiger partial charge in [0.2, 0.25) is 0 Å². The van der Waals surface area contributed by atoms with Gasteiger partial charge in [-0.25, -0.2) is 4.39 Å². The molecule has 7 heteroatoms. The summed E-state index contributed by atoms with van der Waals surface area (Å²) >= 11 is 5.67. The maximum Gasteiger partial charge on any atom is 0.277 e. The van der Waals surface area contributed by atoms with E-state index in [4.69, 9.17) is 11.6 Å². The van der Waals surface area contributed by atoms with E-state index in [0.29, 0.717) is 0 Å². The Morgan fingerprint density at radius 3 is 2.68 bits per heavy atom. The molecule has 0 bridgehead atoms. The lowest BCUT2D eigenvalue weighted by Crippen LogP contribution is -2.14. The molecule has 1 amide bonds. The molecule has 0 fully saturated rings. The van der Waals surface area contributed by atoms with Crippen molar-refractivity contribution in [2.75, 3.05) is 5.32 Å². The quantitative estimate of drug-likeness (QED) is 0.806. The normalized spacial score (nSPS) is 10.5. The maximum atomic E-state index is 13.8. The third kappa shape index (κ3) is 2.82. The third-order valence-corrected chi connectivity index (χ3v) is 3.20. The first-order chi connectivity index (χ1) is 10.6. The van der Waals surface area contributed by atoms with Gasteiger partial charge in [-0.1, -0.05) is 35.9 Å². The Balaban J connectivity index is 1.82. The summed E-state index contributed by atoms with van der Waals surface area (Å²) in [6, 6.07) is 13.5. The van der Waals surface area contributed by atoms with Crippen molar-refractivity contribution in [3.63, 3.8) is 0 Å². The van der Waals surface area contributed by atoms with E-state index in [0.717, 1.165) is 5.69 Å². The van der Waals surface area contributed by atoms with E-state index in [-0.39, 0.29) is 16.4 Å². The number of halogens is 2. The molecule has 3 aromatic rings. The molecular weight excluding hydrogens is 307 g/mol. The first kappa shape index (κ1) is 14.2. The Morgan fingerprint density at radius 2 is 1.91 bits per heavy atom. The van der Waals surface area contributed by atoms with Crippen LogP contribution in [0.25, 0.3) is 5.69 Å². The monoisotopic (exact) mass is 316 g/mol. The van der Waals surface area contributed by atoms with Crippen LogP contribution < -0.4 is 5.32 Å². The summed E-state index contributed by atoms with van der Waals surface area (Å²) in [5.41, 5.74) is 0.783. The number of carbonyl (C=O) groups excluding carboxylic acids is 1. The molecule has 1 aromatic heterocycles. The highest BCUT2D eigenvalue weighted by molar-refractivity contribution is 6.31. The summed E-state index contributed by atoms with van der Waals surface area (Å²) in [7, 11) is 0. The SMILES string of the molecule is O=C(Nc1cccc(Cl)c1F)c1cnn(-c2ccccc2)n1. The number of hydrogen-bond acceptors (Lipinski definition) is 3. The molecule has 0 aliphatic heterocycles. The number of benzene rings is 2. The predicted octanol–water partition coefficient (Wildman–Crippen LogP) is 3.31. The summed E-state index contributed by atoms with van der Waals surface area (Å²) in [5.74, 6) is -1.25. The van der Waals surface area contributed by atoms with Crippen molar-refractivity contribution in [2.24, 2.45) is 0 Å². The van der Waals surface area contributed by atoms with E-state index in [1.54, 1.807) is 18.2 Å². The number of anilines is 1. The summed E-state index contributed by atoms with van der Waals surface area (Å²) in [4.78, 5) is 13.4. The van der Waals surface area contributed by atoms with E-state index in [2.05, 4.69) is 15.5 Å². The van der Waals surface area contributed by atoms with Gasteiger partial charge in [-0.05, 0) is 24.3 Å². The maximum absolute atomic E-state index is 13.8. The van der Waals surface area contributed by atoms with Crippen molar-refractivity contribution in [3.05, 3.63) is 71.3 Å². The van der Waals surface area contributed by atoms with Crippen LogP contribution in [0.1, 0.15) is 10.5 Å². The van der Waals surface area contributed by atoms with Gasteiger partial charge in [-0.15, -0.1) is 5.10 Å². The Kier molecular flexibility index (Phi) is 3.84. The highest BCUT2D eigenvalue weighted by atomic mass is 35.5. The molecule has 0 unspecified atom stereocenters. The molecule has 0 atom stereocenters. The van der Waals surface area contributed by atoms with E-state index in [1.807, 2.05) is 18.2 Å². The van der Waals surface area contributed by atoms with E-state index >= 15 is 0 Å². The molecular formula is C15H10ClFN4O. The van der Waals surface area contributed by atoms with E-state index in [1.165, 1.54) is 23.1 Å². The van der Waals surface area contributed by atoms with Gasteiger partial charge >= 0.3 is 0 Å². The molecule has 0 aliphatic carbocycles. The second-order valence-electron chi connectivity index (χ2n) is 4.41. The summed E-state index contributed by atoms with van der Waals surface area (Å²) in [6.45, 7) is 0. The van der Waals surface area contributed by atoms with Gasteiger partial charge in [0, 0.05) is 0 Å². The molecule has 1 N–H and O–H groups in total. The standard InChI is InChI=1S/C15H10ClFN4O/c16-11-7-4-8-12(14(11)17)19-15(22)13-9-18-21(20-13)10-5-2-1-3-6-10/h1-9H,(H,19,22). The topological polar surface area (TPSA) is 59.8 Å². The molecule has 0 aliphatic rings. The van der Waals surface area contributed by atoms with Crippen molar-refractivity contribution in [3.8, 4) is 5.69 Å². The Hall–Kier alpha value is -2.73. The highest BCUT2D eigenvalue weighted by Crippen LogP contribution is 2.22. The van der Waals surface area contributed by atoms with Crippen LogP contribution in [0.2, 0.25) is 5.02 Å². The summed E-state index contributed by atoms with van der Waals surface area (Å²) in [6.07, 6.45) is 1.31. The third-order valence-electron chi connectivity index (χ3n) is 2.91. The fourth-order valence-electron chi connectivity index (χ4n) is 1.84. The first-order valence-electron chi connectivity index (χ1n) is 6.38. The van der Waals surface area contributed by atoms with Crippen LogP contribution in [0.4, 0.5) is 10.1 Å². The minimum Gasteiger partial charge on any atom is -0.318 e. The average molecular weight is 317 g/mol. The first-order valence-corrected chi connectivity index (χ1v) is 6.76.